The van der Waals surface area contributed by atoms with Crippen molar-refractivity contribution in [3.8, 4) is 17.1 Å². The van der Waals surface area contributed by atoms with E-state index in [0.717, 1.165) is 43.0 Å². The topological polar surface area (TPSA) is 69.0 Å². The highest BCUT2D eigenvalue weighted by Crippen LogP contribution is 2.31. The second-order valence-corrected chi connectivity index (χ2v) is 7.73. The van der Waals surface area contributed by atoms with Gasteiger partial charge >= 0.3 is 0 Å². The highest BCUT2D eigenvalue weighted by atomic mass is 35.5. The summed E-state index contributed by atoms with van der Waals surface area (Å²) < 4.78 is 7.61. The molecule has 0 unspecified atom stereocenters. The number of ether oxygens (including phenoxy) is 1. The molecule has 0 bridgehead atoms. The van der Waals surface area contributed by atoms with Crippen LogP contribution in [0.3, 0.4) is 0 Å². The van der Waals surface area contributed by atoms with Crippen molar-refractivity contribution in [3.63, 3.8) is 0 Å². The number of rotatable bonds is 5. The maximum Gasteiger partial charge on any atom is 0.262 e. The van der Waals surface area contributed by atoms with E-state index in [9.17, 15) is 4.79 Å². The summed E-state index contributed by atoms with van der Waals surface area (Å²) in [5.74, 6) is 1.98. The van der Waals surface area contributed by atoms with Crippen molar-refractivity contribution in [2.24, 2.45) is 0 Å². The largest absolute Gasteiger partial charge is 0.484 e. The molecule has 8 heteroatoms. The maximum atomic E-state index is 12.3. The van der Waals surface area contributed by atoms with Crippen molar-refractivity contribution in [2.45, 2.75) is 32.2 Å². The van der Waals surface area contributed by atoms with E-state index in [-0.39, 0.29) is 12.5 Å². The second-order valence-electron chi connectivity index (χ2n) is 6.89. The number of aromatic nitrogens is 3. The number of halogens is 2. The van der Waals surface area contributed by atoms with Gasteiger partial charge in [0.1, 0.15) is 11.6 Å². The van der Waals surface area contributed by atoms with Crippen LogP contribution in [0.2, 0.25) is 10.0 Å². The number of hydrogen-bond acceptors (Lipinski definition) is 4. The lowest BCUT2D eigenvalue weighted by Gasteiger charge is -2.11. The van der Waals surface area contributed by atoms with Crippen molar-refractivity contribution in [3.05, 3.63) is 58.3 Å². The molecule has 1 amide bonds. The molecule has 0 spiro atoms. The van der Waals surface area contributed by atoms with Gasteiger partial charge in [-0.2, -0.15) is 0 Å². The SMILES string of the molecule is O=C(COc1cccc(Cl)c1)Nc1ccc(Cl)c(-c2nnc3n2CCCCC3)c1. The molecule has 150 valence electrons. The fourth-order valence-electron chi connectivity index (χ4n) is 3.36. The Hall–Kier alpha value is -2.57. The standard InChI is InChI=1S/C21H20Cl2N4O2/c22-14-5-4-6-16(11-14)29-13-20(28)24-15-8-9-18(23)17(12-15)21-26-25-19-7-2-1-3-10-27(19)21/h4-6,8-9,11-12H,1-3,7,10,13H2,(H,24,28). The van der Waals surface area contributed by atoms with Crippen LogP contribution in [-0.2, 0) is 17.8 Å². The lowest BCUT2D eigenvalue weighted by Crippen LogP contribution is -2.20. The minimum Gasteiger partial charge on any atom is -0.484 e. The summed E-state index contributed by atoms with van der Waals surface area (Å²) in [7, 11) is 0. The third-order valence-electron chi connectivity index (χ3n) is 4.77. The average molecular weight is 431 g/mol. The highest BCUT2D eigenvalue weighted by molar-refractivity contribution is 6.33. The summed E-state index contributed by atoms with van der Waals surface area (Å²) in [5.41, 5.74) is 1.37. The molecule has 6 nitrogen and oxygen atoms in total. The lowest BCUT2D eigenvalue weighted by atomic mass is 10.1. The van der Waals surface area contributed by atoms with E-state index in [1.807, 2.05) is 6.07 Å². The van der Waals surface area contributed by atoms with E-state index in [1.165, 1.54) is 6.42 Å². The first-order valence-corrected chi connectivity index (χ1v) is 10.3. The van der Waals surface area contributed by atoms with Gasteiger partial charge in [-0.1, -0.05) is 35.7 Å². The summed E-state index contributed by atoms with van der Waals surface area (Å²) in [6.45, 7) is 0.747. The zero-order valence-corrected chi connectivity index (χ0v) is 17.2. The zero-order valence-electron chi connectivity index (χ0n) is 15.7. The Labute approximate surface area is 178 Å². The predicted octanol–water partition coefficient (Wildman–Crippen LogP) is 5.00. The Balaban J connectivity index is 1.49. The van der Waals surface area contributed by atoms with E-state index in [2.05, 4.69) is 20.1 Å². The van der Waals surface area contributed by atoms with Crippen LogP contribution >= 0.6 is 23.2 Å². The number of hydrogen-bond donors (Lipinski definition) is 1. The fourth-order valence-corrected chi connectivity index (χ4v) is 3.74. The summed E-state index contributed by atoms with van der Waals surface area (Å²) in [4.78, 5) is 12.3. The minimum absolute atomic E-state index is 0.126. The molecule has 4 rings (SSSR count). The number of carbonyl (C=O) groups excluding carboxylic acids is 1. The summed E-state index contributed by atoms with van der Waals surface area (Å²) in [5, 5.41) is 12.6. The molecule has 1 aliphatic heterocycles. The van der Waals surface area contributed by atoms with Crippen molar-refractivity contribution < 1.29 is 9.53 Å². The van der Waals surface area contributed by atoms with Crippen molar-refractivity contribution in [1.29, 1.82) is 0 Å². The first-order valence-electron chi connectivity index (χ1n) is 9.50. The van der Waals surface area contributed by atoms with Crippen LogP contribution in [0.1, 0.15) is 25.1 Å². The molecule has 0 saturated carbocycles. The van der Waals surface area contributed by atoms with Crippen LogP contribution in [0.5, 0.6) is 5.75 Å². The van der Waals surface area contributed by atoms with Gasteiger partial charge in [-0.05, 0) is 49.2 Å². The second kappa shape index (κ2) is 8.84. The number of anilines is 1. The maximum absolute atomic E-state index is 12.3. The number of benzene rings is 2. The Morgan fingerprint density at radius 2 is 2.00 bits per heavy atom. The molecule has 0 radical (unpaired) electrons. The van der Waals surface area contributed by atoms with E-state index < -0.39 is 0 Å². The molecule has 0 atom stereocenters. The van der Waals surface area contributed by atoms with Crippen LogP contribution in [0, 0.1) is 0 Å². The van der Waals surface area contributed by atoms with Crippen LogP contribution < -0.4 is 10.1 Å². The highest BCUT2D eigenvalue weighted by Gasteiger charge is 2.18. The molecule has 29 heavy (non-hydrogen) atoms. The van der Waals surface area contributed by atoms with Gasteiger partial charge in [-0.25, -0.2) is 0 Å². The zero-order chi connectivity index (χ0) is 20.2. The van der Waals surface area contributed by atoms with Crippen LogP contribution in [0.25, 0.3) is 11.4 Å². The smallest absolute Gasteiger partial charge is 0.262 e. The fraction of sp³-hybridized carbons (Fsp3) is 0.286. The molecule has 1 N–H and O–H groups in total. The van der Waals surface area contributed by atoms with Gasteiger partial charge in [0.15, 0.2) is 12.4 Å². The molecule has 3 aromatic rings. The first-order chi connectivity index (χ1) is 14.1. The lowest BCUT2D eigenvalue weighted by molar-refractivity contribution is -0.118. The molecular weight excluding hydrogens is 411 g/mol. The number of aryl methyl sites for hydroxylation is 1. The summed E-state index contributed by atoms with van der Waals surface area (Å²) in [6, 6.07) is 12.2. The van der Waals surface area contributed by atoms with Gasteiger partial charge < -0.3 is 14.6 Å². The van der Waals surface area contributed by atoms with Gasteiger partial charge in [0.2, 0.25) is 0 Å². The Morgan fingerprint density at radius 1 is 1.10 bits per heavy atom. The average Bonchev–Trinajstić information content (AvgIpc) is 2.95. The molecule has 2 aromatic carbocycles. The molecule has 1 aromatic heterocycles. The molecule has 0 aliphatic carbocycles. The first kappa shape index (κ1) is 19.7. The van der Waals surface area contributed by atoms with Crippen LogP contribution in [-0.4, -0.2) is 27.3 Å². The quantitative estimate of drug-likeness (QED) is 0.618. The minimum atomic E-state index is -0.279. The van der Waals surface area contributed by atoms with Crippen LogP contribution in [0.4, 0.5) is 5.69 Å². The summed E-state index contributed by atoms with van der Waals surface area (Å²) in [6.07, 6.45) is 4.31. The number of nitrogens with zero attached hydrogens (tertiary/aromatic N) is 3. The Morgan fingerprint density at radius 3 is 2.86 bits per heavy atom. The molecular formula is C21H20Cl2N4O2. The normalized spacial score (nSPS) is 13.4. The van der Waals surface area contributed by atoms with Gasteiger partial charge in [0.05, 0.1) is 5.02 Å². The Bertz CT molecular complexity index is 1040. The molecule has 2 heterocycles. The van der Waals surface area contributed by atoms with Gasteiger partial charge in [-0.15, -0.1) is 10.2 Å². The summed E-state index contributed by atoms with van der Waals surface area (Å²) >= 11 is 12.4. The van der Waals surface area contributed by atoms with Gasteiger partial charge in [0.25, 0.3) is 5.91 Å². The molecule has 0 fully saturated rings. The monoisotopic (exact) mass is 430 g/mol. The van der Waals surface area contributed by atoms with E-state index >= 15 is 0 Å². The van der Waals surface area contributed by atoms with Crippen molar-refractivity contribution in [1.82, 2.24) is 14.8 Å². The molecule has 1 aliphatic rings. The van der Waals surface area contributed by atoms with Crippen molar-refractivity contribution >= 4 is 34.8 Å². The van der Waals surface area contributed by atoms with Gasteiger partial charge in [-0.3, -0.25) is 4.79 Å². The predicted molar refractivity (Wildman–Crippen MR) is 114 cm³/mol. The van der Waals surface area contributed by atoms with E-state index in [0.29, 0.717) is 21.5 Å². The van der Waals surface area contributed by atoms with Gasteiger partial charge in [0, 0.05) is 29.2 Å². The third kappa shape index (κ3) is 4.71. The number of amides is 1. The number of fused-ring (bicyclic) bond motifs is 1. The third-order valence-corrected chi connectivity index (χ3v) is 5.33. The van der Waals surface area contributed by atoms with Crippen molar-refractivity contribution in [2.75, 3.05) is 11.9 Å². The number of carbonyl (C=O) groups is 1. The number of nitrogens with one attached hydrogen (secondary N) is 1. The van der Waals surface area contributed by atoms with Crippen LogP contribution in [0.15, 0.2) is 42.5 Å². The Kier molecular flexibility index (Phi) is 6.02. The molecule has 0 saturated heterocycles. The van der Waals surface area contributed by atoms with E-state index in [4.69, 9.17) is 27.9 Å². The van der Waals surface area contributed by atoms with E-state index in [1.54, 1.807) is 36.4 Å².